The van der Waals surface area contributed by atoms with Gasteiger partial charge in [-0.2, -0.15) is 0 Å². The van der Waals surface area contributed by atoms with Crippen LogP contribution >= 0.6 is 0 Å². The van der Waals surface area contributed by atoms with Crippen LogP contribution in [-0.4, -0.2) is 44.6 Å². The Hall–Kier alpha value is -5.34. The first-order chi connectivity index (χ1) is 27.2. The van der Waals surface area contributed by atoms with Crippen molar-refractivity contribution < 1.29 is 23.9 Å². The maximum Gasteiger partial charge on any atom is 0.261 e. The van der Waals surface area contributed by atoms with Gasteiger partial charge in [0.1, 0.15) is 5.75 Å². The summed E-state index contributed by atoms with van der Waals surface area (Å²) in [6.45, 7) is 7.54. The van der Waals surface area contributed by atoms with Gasteiger partial charge in [0.2, 0.25) is 11.8 Å². The Morgan fingerprint density at radius 3 is 1.95 bits per heavy atom. The van der Waals surface area contributed by atoms with Gasteiger partial charge in [0.05, 0.1) is 36.8 Å². The molecule has 8 rings (SSSR count). The van der Waals surface area contributed by atoms with Crippen LogP contribution in [0, 0.1) is 17.8 Å². The highest BCUT2D eigenvalue weighted by Crippen LogP contribution is 2.51. The van der Waals surface area contributed by atoms with Crippen molar-refractivity contribution in [3.63, 3.8) is 0 Å². The van der Waals surface area contributed by atoms with Gasteiger partial charge in [-0.25, -0.2) is 0 Å². The first-order valence-corrected chi connectivity index (χ1v) is 21.6. The molecule has 0 radical (unpaired) electrons. The number of hydrogen-bond donors (Lipinski definition) is 1. The third-order valence-electron chi connectivity index (χ3n) is 12.0. The summed E-state index contributed by atoms with van der Waals surface area (Å²) in [6, 6.07) is 48.2. The van der Waals surface area contributed by atoms with E-state index in [-0.39, 0.29) is 34.6 Å². The fourth-order valence-electron chi connectivity index (χ4n) is 9.43. The van der Waals surface area contributed by atoms with Crippen molar-refractivity contribution in [2.75, 3.05) is 18.1 Å². The van der Waals surface area contributed by atoms with E-state index in [1.807, 2.05) is 78.9 Å². The second-order valence-electron chi connectivity index (χ2n) is 16.3. The number of ether oxygens (including phenoxy) is 1. The summed E-state index contributed by atoms with van der Waals surface area (Å²) in [5.74, 6) is -1.27. The fraction of sp³-hybridized carbons (Fsp3) is 0.265. The van der Waals surface area contributed by atoms with E-state index in [2.05, 4.69) is 87.5 Å². The molecule has 5 aromatic carbocycles. The van der Waals surface area contributed by atoms with Crippen molar-refractivity contribution in [1.29, 1.82) is 0 Å². The Balaban J connectivity index is 1.20. The van der Waals surface area contributed by atoms with Crippen LogP contribution in [0.15, 0.2) is 157 Å². The van der Waals surface area contributed by atoms with Crippen molar-refractivity contribution in [2.45, 2.75) is 51.2 Å². The number of para-hydroxylation sites is 2. The number of carbonyl (C=O) groups is 2. The predicted molar refractivity (Wildman–Crippen MR) is 226 cm³/mol. The number of phenols is 1. The van der Waals surface area contributed by atoms with E-state index in [9.17, 15) is 14.7 Å². The Labute approximate surface area is 331 Å². The second-order valence-corrected chi connectivity index (χ2v) is 20.6. The quantitative estimate of drug-likeness (QED) is 0.0631. The standard InChI is InChI=1S/C49H49NO5Si/c1-49(2,3)56(39-23-12-6-13-24-39,40-25-14-7-15-26-40)55-32-37-31-41-46(48(53)50(47(41)52)38-21-10-5-11-22-38)42-33-54-44(45(37)42)29-28-35(34-18-8-4-9-19-34)30-36-20-16-17-27-43(36)51/h4-27,30,41-42,44,46,51H,28-29,31-33H2,1-3H3/b35-30-/t41-,42+,44-,46-/m1/s1. The Kier molecular flexibility index (Phi) is 10.5. The van der Waals surface area contributed by atoms with Crippen LogP contribution in [0.1, 0.15) is 51.2 Å². The summed E-state index contributed by atoms with van der Waals surface area (Å²) >= 11 is 0. The number of rotatable bonds is 11. The van der Waals surface area contributed by atoms with Gasteiger partial charge in [0.25, 0.3) is 8.32 Å². The van der Waals surface area contributed by atoms with E-state index in [1.54, 1.807) is 6.07 Å². The average molecular weight is 760 g/mol. The van der Waals surface area contributed by atoms with Gasteiger partial charge >= 0.3 is 0 Å². The van der Waals surface area contributed by atoms with Crippen molar-refractivity contribution in [3.8, 4) is 5.75 Å². The average Bonchev–Trinajstić information content (AvgIpc) is 3.75. The predicted octanol–water partition coefficient (Wildman–Crippen LogP) is 8.81. The number of aromatic hydroxyl groups is 1. The van der Waals surface area contributed by atoms with E-state index in [4.69, 9.17) is 9.16 Å². The highest BCUT2D eigenvalue weighted by molar-refractivity contribution is 6.99. The topological polar surface area (TPSA) is 76.1 Å². The number of fused-ring (bicyclic) bond motifs is 3. The molecule has 7 heteroatoms. The summed E-state index contributed by atoms with van der Waals surface area (Å²) in [5, 5.41) is 12.9. The zero-order chi connectivity index (χ0) is 38.9. The summed E-state index contributed by atoms with van der Waals surface area (Å²) in [7, 11) is -2.93. The molecular formula is C49H49NO5Si. The van der Waals surface area contributed by atoms with Crippen LogP contribution in [0.5, 0.6) is 5.75 Å². The first kappa shape index (κ1) is 37.6. The van der Waals surface area contributed by atoms with Gasteiger partial charge in [-0.1, -0.05) is 148 Å². The van der Waals surface area contributed by atoms with Gasteiger partial charge in [0.15, 0.2) is 0 Å². The van der Waals surface area contributed by atoms with E-state index in [0.29, 0.717) is 38.2 Å². The molecular weight excluding hydrogens is 711 g/mol. The zero-order valence-electron chi connectivity index (χ0n) is 32.3. The first-order valence-electron chi connectivity index (χ1n) is 19.7. The number of carbonyl (C=O) groups excluding carboxylic acids is 2. The Bertz CT molecular complexity index is 2210. The molecule has 5 aromatic rings. The van der Waals surface area contributed by atoms with Crippen molar-refractivity contribution in [2.24, 2.45) is 17.8 Å². The molecule has 4 atom stereocenters. The normalized spacial score (nSPS) is 21.3. The molecule has 1 aliphatic carbocycles. The maximum atomic E-state index is 14.4. The molecule has 0 bridgehead atoms. The van der Waals surface area contributed by atoms with Crippen LogP contribution in [0.2, 0.25) is 5.04 Å². The monoisotopic (exact) mass is 759 g/mol. The van der Waals surface area contributed by atoms with Crippen molar-refractivity contribution in [1.82, 2.24) is 0 Å². The minimum absolute atomic E-state index is 0.144. The summed E-state index contributed by atoms with van der Waals surface area (Å²) < 4.78 is 14.3. The fourth-order valence-corrected chi connectivity index (χ4v) is 14.0. The van der Waals surface area contributed by atoms with E-state index in [0.717, 1.165) is 27.8 Å². The second kappa shape index (κ2) is 15.7. The smallest absolute Gasteiger partial charge is 0.261 e. The molecule has 1 N–H and O–H groups in total. The van der Waals surface area contributed by atoms with Crippen LogP contribution in [0.4, 0.5) is 5.69 Å². The van der Waals surface area contributed by atoms with Gasteiger partial charge in [-0.05, 0) is 81.2 Å². The number of amides is 2. The number of benzene rings is 5. The number of nitrogens with zero attached hydrogens (tertiary/aromatic N) is 1. The lowest BCUT2D eigenvalue weighted by atomic mass is 9.69. The van der Waals surface area contributed by atoms with Crippen LogP contribution < -0.4 is 15.3 Å². The third kappa shape index (κ3) is 6.89. The van der Waals surface area contributed by atoms with Gasteiger partial charge < -0.3 is 14.3 Å². The van der Waals surface area contributed by atoms with Gasteiger partial charge in [-0.3, -0.25) is 14.5 Å². The number of phenolic OH excluding ortho intramolecular Hbond substituents is 1. The lowest BCUT2D eigenvalue weighted by molar-refractivity contribution is -0.122. The molecule has 2 amide bonds. The van der Waals surface area contributed by atoms with Crippen molar-refractivity contribution in [3.05, 3.63) is 168 Å². The summed E-state index contributed by atoms with van der Waals surface area (Å²) in [6.07, 6.45) is 3.60. The maximum absolute atomic E-state index is 14.4. The molecule has 2 aliphatic heterocycles. The zero-order valence-corrected chi connectivity index (χ0v) is 33.3. The van der Waals surface area contributed by atoms with Crippen molar-refractivity contribution >= 4 is 47.8 Å². The molecule has 6 nitrogen and oxygen atoms in total. The number of imide groups is 1. The van der Waals surface area contributed by atoms with Crippen LogP contribution in [-0.2, 0) is 18.8 Å². The largest absolute Gasteiger partial charge is 0.507 e. The molecule has 3 aliphatic rings. The molecule has 0 aromatic heterocycles. The number of anilines is 1. The lowest BCUT2D eigenvalue weighted by Gasteiger charge is -2.44. The summed E-state index contributed by atoms with van der Waals surface area (Å²) in [5.41, 5.74) is 5.73. The molecule has 0 saturated carbocycles. The highest BCUT2D eigenvalue weighted by Gasteiger charge is 2.58. The lowest BCUT2D eigenvalue weighted by Crippen LogP contribution is -2.66. The van der Waals surface area contributed by atoms with Crippen LogP contribution in [0.25, 0.3) is 11.6 Å². The minimum Gasteiger partial charge on any atom is -0.507 e. The highest BCUT2D eigenvalue weighted by atomic mass is 28.4. The van der Waals surface area contributed by atoms with E-state index in [1.165, 1.54) is 15.3 Å². The molecule has 2 heterocycles. The molecule has 2 fully saturated rings. The van der Waals surface area contributed by atoms with Gasteiger partial charge in [0, 0.05) is 11.5 Å². The van der Waals surface area contributed by atoms with Gasteiger partial charge in [-0.15, -0.1) is 0 Å². The summed E-state index contributed by atoms with van der Waals surface area (Å²) in [4.78, 5) is 30.1. The number of hydrogen-bond acceptors (Lipinski definition) is 5. The molecule has 0 unspecified atom stereocenters. The Morgan fingerprint density at radius 2 is 1.34 bits per heavy atom. The molecule has 284 valence electrons. The Morgan fingerprint density at radius 1 is 0.768 bits per heavy atom. The van der Waals surface area contributed by atoms with Crippen LogP contribution in [0.3, 0.4) is 0 Å². The number of allylic oxidation sites excluding steroid dienone is 1. The molecule has 2 saturated heterocycles. The molecule has 0 spiro atoms. The van der Waals surface area contributed by atoms with E-state index < -0.39 is 20.2 Å². The molecule has 56 heavy (non-hydrogen) atoms. The van der Waals surface area contributed by atoms with E-state index >= 15 is 0 Å². The third-order valence-corrected chi connectivity index (χ3v) is 17.0. The SMILES string of the molecule is CC(C)(C)[Si](OCC1=C2[C@@H](CC/C(=C/c3ccccc3O)c3ccccc3)OC[C@@H]2[C@@H]2C(=O)N(c3ccccc3)C(=O)[C@@H]2C1)(c1ccccc1)c1ccccc1. The minimum atomic E-state index is -2.93.